The molecular formula is C38H48O5Si2. The maximum Gasteiger partial charge on any atom is 0.305 e. The molecule has 0 aliphatic rings. The summed E-state index contributed by atoms with van der Waals surface area (Å²) in [5.74, 6) is -0.655. The van der Waals surface area contributed by atoms with E-state index in [0.29, 0.717) is 6.42 Å². The Kier molecular flexibility index (Phi) is 12.5. The first kappa shape index (κ1) is 34.5. The van der Waals surface area contributed by atoms with E-state index in [1.807, 2.05) is 24.3 Å². The predicted molar refractivity (Wildman–Crippen MR) is 188 cm³/mol. The van der Waals surface area contributed by atoms with E-state index in [2.05, 4.69) is 125 Å². The van der Waals surface area contributed by atoms with E-state index < -0.39 is 37.7 Å². The molecule has 0 heterocycles. The molecule has 0 amide bonds. The van der Waals surface area contributed by atoms with Gasteiger partial charge in [-0.3, -0.25) is 4.79 Å². The minimum atomic E-state index is -1.25. The van der Waals surface area contributed by atoms with Crippen molar-refractivity contribution in [3.8, 4) is 0 Å². The minimum Gasteiger partial charge on any atom is -0.481 e. The fourth-order valence-corrected chi connectivity index (χ4v) is 9.60. The molecule has 238 valence electrons. The van der Waals surface area contributed by atoms with E-state index in [9.17, 15) is 15.0 Å². The lowest BCUT2D eigenvalue weighted by atomic mass is 9.82. The van der Waals surface area contributed by atoms with Crippen LogP contribution in [-0.4, -0.2) is 54.5 Å². The standard InChI is InChI=1S/C38H48O5Si2/c1-37(2,35(28-17-9-5-10-18-28)29-19-11-6-12-20-29)44-42-32(26-34(40)41)25-33(27-39)43-45-38(3,4)36(30-21-13-7-14-22-30)31-23-15-8-16-24-31/h5-24,32-33,35-36,39H,25-27,44-45H2,1-4H3,(H,40,41). The summed E-state index contributed by atoms with van der Waals surface area (Å²) in [5, 5.41) is 19.8. The van der Waals surface area contributed by atoms with Crippen molar-refractivity contribution in [3.63, 3.8) is 0 Å². The van der Waals surface area contributed by atoms with Crippen LogP contribution in [0.15, 0.2) is 121 Å². The van der Waals surface area contributed by atoms with Crippen LogP contribution in [0.4, 0.5) is 0 Å². The van der Waals surface area contributed by atoms with Gasteiger partial charge in [0.1, 0.15) is 0 Å². The van der Waals surface area contributed by atoms with Crippen LogP contribution in [0.2, 0.25) is 10.1 Å². The van der Waals surface area contributed by atoms with Crippen molar-refractivity contribution in [2.75, 3.05) is 6.61 Å². The van der Waals surface area contributed by atoms with Gasteiger partial charge in [-0.15, -0.1) is 0 Å². The van der Waals surface area contributed by atoms with Crippen LogP contribution in [0.25, 0.3) is 0 Å². The third-order valence-corrected chi connectivity index (χ3v) is 12.2. The summed E-state index contributed by atoms with van der Waals surface area (Å²) >= 11 is 0. The Labute approximate surface area is 273 Å². The predicted octanol–water partition coefficient (Wildman–Crippen LogP) is 6.84. The summed E-state index contributed by atoms with van der Waals surface area (Å²) in [7, 11) is -2.45. The van der Waals surface area contributed by atoms with Gasteiger partial charge in [0, 0.05) is 18.3 Å². The van der Waals surface area contributed by atoms with Gasteiger partial charge in [0.2, 0.25) is 0 Å². The molecule has 4 aromatic carbocycles. The first-order valence-electron chi connectivity index (χ1n) is 15.9. The van der Waals surface area contributed by atoms with Gasteiger partial charge in [-0.2, -0.15) is 0 Å². The SMILES string of the molecule is CC(C)([SiH2]OC(CO)CC(CC(=O)O)O[SiH2]C(C)(C)C(c1ccccc1)c1ccccc1)C(c1ccccc1)c1ccccc1. The number of carboxylic acid groups (broad SMARTS) is 1. The van der Waals surface area contributed by atoms with Gasteiger partial charge in [-0.05, 0) is 32.3 Å². The minimum absolute atomic E-state index is 0.114. The van der Waals surface area contributed by atoms with Crippen LogP contribution >= 0.6 is 0 Å². The molecule has 4 aromatic rings. The molecule has 2 unspecified atom stereocenters. The van der Waals surface area contributed by atoms with E-state index >= 15 is 0 Å². The van der Waals surface area contributed by atoms with Crippen molar-refractivity contribution < 1.29 is 23.9 Å². The average Bonchev–Trinajstić information content (AvgIpc) is 3.03. The van der Waals surface area contributed by atoms with Gasteiger partial charge in [0.25, 0.3) is 0 Å². The van der Waals surface area contributed by atoms with Crippen molar-refractivity contribution in [1.29, 1.82) is 0 Å². The molecule has 7 heteroatoms. The number of aliphatic hydroxyl groups excluding tert-OH is 1. The van der Waals surface area contributed by atoms with Crippen molar-refractivity contribution in [2.24, 2.45) is 0 Å². The zero-order chi connectivity index (χ0) is 32.3. The molecule has 5 nitrogen and oxygen atoms in total. The van der Waals surface area contributed by atoms with Crippen molar-refractivity contribution in [2.45, 2.75) is 74.7 Å². The fourth-order valence-electron chi connectivity index (χ4n) is 6.50. The van der Waals surface area contributed by atoms with Gasteiger partial charge in [-0.25, -0.2) is 0 Å². The van der Waals surface area contributed by atoms with Crippen LogP contribution < -0.4 is 0 Å². The monoisotopic (exact) mass is 640 g/mol. The molecule has 2 N–H and O–H groups in total. The first-order valence-corrected chi connectivity index (χ1v) is 18.4. The van der Waals surface area contributed by atoms with Gasteiger partial charge >= 0.3 is 5.97 Å². The third kappa shape index (κ3) is 9.82. The quantitative estimate of drug-likeness (QED) is 0.124. The number of carbonyl (C=O) groups is 1. The third-order valence-electron chi connectivity index (χ3n) is 8.61. The van der Waals surface area contributed by atoms with Crippen LogP contribution in [0.1, 0.15) is 74.6 Å². The molecule has 0 fully saturated rings. The van der Waals surface area contributed by atoms with Crippen LogP contribution in [-0.2, 0) is 13.6 Å². The molecule has 0 saturated heterocycles. The second-order valence-electron chi connectivity index (χ2n) is 13.4. The second kappa shape index (κ2) is 16.3. The summed E-state index contributed by atoms with van der Waals surface area (Å²) in [5.41, 5.74) is 4.90. The molecule has 0 aliphatic carbocycles. The van der Waals surface area contributed by atoms with Gasteiger partial charge in [0.15, 0.2) is 19.5 Å². The van der Waals surface area contributed by atoms with Crippen LogP contribution in [0.3, 0.4) is 0 Å². The van der Waals surface area contributed by atoms with Crippen LogP contribution in [0, 0.1) is 0 Å². The Hall–Kier alpha value is -3.34. The molecule has 0 bridgehead atoms. The van der Waals surface area contributed by atoms with Gasteiger partial charge in [0.05, 0.1) is 25.2 Å². The molecule has 45 heavy (non-hydrogen) atoms. The number of carboxylic acids is 1. The first-order chi connectivity index (χ1) is 21.6. The maximum absolute atomic E-state index is 11.9. The zero-order valence-electron chi connectivity index (χ0n) is 27.0. The molecule has 0 saturated carbocycles. The number of hydrogen-bond acceptors (Lipinski definition) is 4. The van der Waals surface area contributed by atoms with Crippen molar-refractivity contribution >= 4 is 25.5 Å². The summed E-state index contributed by atoms with van der Waals surface area (Å²) in [6.07, 6.45) is -0.790. The Morgan fingerprint density at radius 2 is 0.911 bits per heavy atom. The molecule has 0 aliphatic heterocycles. The highest BCUT2D eigenvalue weighted by atomic mass is 28.2. The highest BCUT2D eigenvalue weighted by Gasteiger charge is 2.36. The molecule has 0 radical (unpaired) electrons. The lowest BCUT2D eigenvalue weighted by Crippen LogP contribution is -2.35. The number of benzene rings is 4. The zero-order valence-corrected chi connectivity index (χ0v) is 29.8. The summed E-state index contributed by atoms with van der Waals surface area (Å²) in [6.45, 7) is 8.76. The Balaban J connectivity index is 1.48. The van der Waals surface area contributed by atoms with Crippen LogP contribution in [0.5, 0.6) is 0 Å². The summed E-state index contributed by atoms with van der Waals surface area (Å²) in [6, 6.07) is 41.9. The van der Waals surface area contributed by atoms with Gasteiger partial charge in [-0.1, -0.05) is 149 Å². The smallest absolute Gasteiger partial charge is 0.305 e. The normalized spacial score (nSPS) is 14.1. The number of aliphatic carboxylic acids is 1. The van der Waals surface area contributed by atoms with E-state index in [0.717, 1.165) is 0 Å². The van der Waals surface area contributed by atoms with Crippen molar-refractivity contribution in [3.05, 3.63) is 144 Å². The van der Waals surface area contributed by atoms with E-state index in [-0.39, 0.29) is 34.9 Å². The lowest BCUT2D eigenvalue weighted by Gasteiger charge is -2.37. The molecule has 0 spiro atoms. The average molecular weight is 641 g/mol. The highest BCUT2D eigenvalue weighted by molar-refractivity contribution is 6.33. The second-order valence-corrected chi connectivity index (χ2v) is 18.3. The number of aliphatic hydroxyl groups is 1. The number of rotatable bonds is 17. The largest absolute Gasteiger partial charge is 0.481 e. The van der Waals surface area contributed by atoms with E-state index in [1.54, 1.807) is 0 Å². The van der Waals surface area contributed by atoms with E-state index in [1.165, 1.54) is 22.3 Å². The van der Waals surface area contributed by atoms with Gasteiger partial charge < -0.3 is 19.1 Å². The molecule has 0 aromatic heterocycles. The molecule has 2 atom stereocenters. The van der Waals surface area contributed by atoms with E-state index in [4.69, 9.17) is 8.85 Å². The molecular weight excluding hydrogens is 593 g/mol. The maximum atomic E-state index is 11.9. The Morgan fingerprint density at radius 3 is 1.20 bits per heavy atom. The fraction of sp³-hybridized carbons (Fsp3) is 0.342. The topological polar surface area (TPSA) is 76.0 Å². The highest BCUT2D eigenvalue weighted by Crippen LogP contribution is 2.47. The van der Waals surface area contributed by atoms with Crippen molar-refractivity contribution in [1.82, 2.24) is 0 Å². The summed E-state index contributed by atoms with van der Waals surface area (Å²) in [4.78, 5) is 11.9. The summed E-state index contributed by atoms with van der Waals surface area (Å²) < 4.78 is 13.1. The Bertz CT molecular complexity index is 1350. The molecule has 4 rings (SSSR count). The Morgan fingerprint density at radius 1 is 0.600 bits per heavy atom. The lowest BCUT2D eigenvalue weighted by molar-refractivity contribution is -0.139. The number of hydrogen-bond donors (Lipinski definition) is 2.